The van der Waals surface area contributed by atoms with E-state index in [-0.39, 0.29) is 0 Å². The van der Waals surface area contributed by atoms with Crippen molar-refractivity contribution in [3.63, 3.8) is 0 Å². The summed E-state index contributed by atoms with van der Waals surface area (Å²) in [5.41, 5.74) is 1.89. The molecule has 124 valence electrons. The second-order valence-electron chi connectivity index (χ2n) is 5.14. The summed E-state index contributed by atoms with van der Waals surface area (Å²) in [6, 6.07) is 13.7. The number of para-hydroxylation sites is 1. The predicted molar refractivity (Wildman–Crippen MR) is 93.0 cm³/mol. The molecule has 0 atom stereocenters. The minimum absolute atomic E-state index is 0.525. The summed E-state index contributed by atoms with van der Waals surface area (Å²) < 4.78 is 7.30. The highest BCUT2D eigenvalue weighted by Gasteiger charge is 2.07. The van der Waals surface area contributed by atoms with Gasteiger partial charge in [-0.25, -0.2) is 0 Å². The number of ether oxygens (including phenoxy) is 1. The van der Waals surface area contributed by atoms with Crippen molar-refractivity contribution in [2.24, 2.45) is 4.99 Å². The van der Waals surface area contributed by atoms with Gasteiger partial charge in [-0.1, -0.05) is 24.3 Å². The molecule has 2 heterocycles. The van der Waals surface area contributed by atoms with E-state index in [1.807, 2.05) is 53.1 Å². The second-order valence-corrected chi connectivity index (χ2v) is 5.14. The van der Waals surface area contributed by atoms with Crippen LogP contribution in [0, 0.1) is 0 Å². The van der Waals surface area contributed by atoms with Gasteiger partial charge in [-0.05, 0) is 18.2 Å². The molecule has 2 aromatic heterocycles. The van der Waals surface area contributed by atoms with Crippen molar-refractivity contribution in [3.8, 4) is 5.75 Å². The number of hydrogen-bond donors (Lipinski definition) is 2. The third-order valence-electron chi connectivity index (χ3n) is 3.66. The average molecular weight is 324 g/mol. The topological polar surface area (TPSA) is 75.8 Å². The number of pyridine rings is 1. The number of nitrogens with one attached hydrogen (secondary N) is 2. The van der Waals surface area contributed by atoms with Gasteiger partial charge in [0.15, 0.2) is 17.4 Å². The summed E-state index contributed by atoms with van der Waals surface area (Å²) in [6.45, 7) is 1.14. The summed E-state index contributed by atoms with van der Waals surface area (Å²) in [7, 11) is 3.40. The Balaban J connectivity index is 1.61. The van der Waals surface area contributed by atoms with Crippen molar-refractivity contribution in [1.82, 2.24) is 25.2 Å². The molecule has 2 N–H and O–H groups in total. The van der Waals surface area contributed by atoms with Crippen molar-refractivity contribution in [2.75, 3.05) is 14.2 Å². The zero-order valence-corrected chi connectivity index (χ0v) is 13.7. The molecule has 0 bridgehead atoms. The number of rotatable bonds is 5. The Morgan fingerprint density at radius 2 is 1.88 bits per heavy atom. The fourth-order valence-electron chi connectivity index (χ4n) is 2.42. The quantitative estimate of drug-likeness (QED) is 0.551. The first kappa shape index (κ1) is 15.8. The predicted octanol–water partition coefficient (Wildman–Crippen LogP) is 1.60. The Bertz CT molecular complexity index is 842. The number of fused-ring (bicyclic) bond motifs is 1. The van der Waals surface area contributed by atoms with Crippen LogP contribution in [0.2, 0.25) is 0 Å². The SMILES string of the molecule is CN=C(NCc1ccccc1OC)NCc1nnc2ccccn12. The van der Waals surface area contributed by atoms with E-state index in [1.165, 1.54) is 0 Å². The number of nitrogens with zero attached hydrogens (tertiary/aromatic N) is 4. The lowest BCUT2D eigenvalue weighted by Gasteiger charge is -2.13. The van der Waals surface area contributed by atoms with Gasteiger partial charge in [-0.3, -0.25) is 9.39 Å². The molecular weight excluding hydrogens is 304 g/mol. The van der Waals surface area contributed by atoms with Crippen LogP contribution in [-0.2, 0) is 13.1 Å². The van der Waals surface area contributed by atoms with E-state index < -0.39 is 0 Å². The molecule has 0 fully saturated rings. The van der Waals surface area contributed by atoms with Gasteiger partial charge in [0.25, 0.3) is 0 Å². The van der Waals surface area contributed by atoms with Crippen molar-refractivity contribution in [3.05, 3.63) is 60.0 Å². The van der Waals surface area contributed by atoms with Crippen molar-refractivity contribution in [1.29, 1.82) is 0 Å². The summed E-state index contributed by atoms with van der Waals surface area (Å²) in [5, 5.41) is 14.8. The van der Waals surface area contributed by atoms with Crippen molar-refractivity contribution in [2.45, 2.75) is 13.1 Å². The van der Waals surface area contributed by atoms with E-state index in [2.05, 4.69) is 25.8 Å². The smallest absolute Gasteiger partial charge is 0.191 e. The standard InChI is InChI=1S/C17H20N6O/c1-18-17(19-11-13-7-3-4-8-14(13)24-2)20-12-16-22-21-15-9-5-6-10-23(15)16/h3-10H,11-12H2,1-2H3,(H2,18,19,20). The Labute approximate surface area is 140 Å². The molecule has 0 amide bonds. The van der Waals surface area contributed by atoms with Crippen molar-refractivity contribution < 1.29 is 4.74 Å². The molecule has 0 radical (unpaired) electrons. The minimum atomic E-state index is 0.525. The van der Waals surface area contributed by atoms with Crippen molar-refractivity contribution >= 4 is 11.6 Å². The molecule has 0 spiro atoms. The van der Waals surface area contributed by atoms with E-state index in [9.17, 15) is 0 Å². The maximum atomic E-state index is 5.36. The molecule has 0 aliphatic heterocycles. The second kappa shape index (κ2) is 7.45. The van der Waals surface area contributed by atoms with E-state index in [1.54, 1.807) is 14.2 Å². The molecule has 3 aromatic rings. The Morgan fingerprint density at radius 1 is 1.08 bits per heavy atom. The first-order valence-corrected chi connectivity index (χ1v) is 7.67. The third-order valence-corrected chi connectivity index (χ3v) is 3.66. The third kappa shape index (κ3) is 3.45. The van der Waals surface area contributed by atoms with Crippen LogP contribution < -0.4 is 15.4 Å². The molecule has 0 unspecified atom stereocenters. The molecule has 1 aromatic carbocycles. The van der Waals surface area contributed by atoms with Crippen LogP contribution in [0.25, 0.3) is 5.65 Å². The van der Waals surface area contributed by atoms with Gasteiger partial charge in [0, 0.05) is 25.4 Å². The van der Waals surface area contributed by atoms with Gasteiger partial charge < -0.3 is 15.4 Å². The lowest BCUT2D eigenvalue weighted by atomic mass is 10.2. The highest BCUT2D eigenvalue weighted by molar-refractivity contribution is 5.79. The van der Waals surface area contributed by atoms with Crippen LogP contribution in [0.4, 0.5) is 0 Å². The van der Waals surface area contributed by atoms with Crippen LogP contribution in [0.3, 0.4) is 0 Å². The highest BCUT2D eigenvalue weighted by atomic mass is 16.5. The normalized spacial score (nSPS) is 11.5. The summed E-state index contributed by atoms with van der Waals surface area (Å²) in [6.07, 6.45) is 1.94. The van der Waals surface area contributed by atoms with Crippen LogP contribution in [0.1, 0.15) is 11.4 Å². The maximum Gasteiger partial charge on any atom is 0.191 e. The summed E-state index contributed by atoms with van der Waals surface area (Å²) >= 11 is 0. The first-order valence-electron chi connectivity index (χ1n) is 7.67. The van der Waals surface area contributed by atoms with E-state index in [0.717, 1.165) is 22.8 Å². The average Bonchev–Trinajstić information content (AvgIpc) is 3.05. The van der Waals surface area contributed by atoms with Gasteiger partial charge in [0.1, 0.15) is 5.75 Å². The van der Waals surface area contributed by atoms with Crippen LogP contribution in [0.5, 0.6) is 5.75 Å². The number of aromatic nitrogens is 3. The molecule has 24 heavy (non-hydrogen) atoms. The monoisotopic (exact) mass is 324 g/mol. The minimum Gasteiger partial charge on any atom is -0.496 e. The molecule has 0 aliphatic rings. The van der Waals surface area contributed by atoms with Crippen LogP contribution in [-0.4, -0.2) is 34.7 Å². The number of benzene rings is 1. The molecule has 0 saturated heterocycles. The molecule has 3 rings (SSSR count). The maximum absolute atomic E-state index is 5.36. The zero-order chi connectivity index (χ0) is 16.8. The van der Waals surface area contributed by atoms with E-state index in [4.69, 9.17) is 4.74 Å². The number of hydrogen-bond acceptors (Lipinski definition) is 4. The number of aliphatic imine (C=N–C) groups is 1. The zero-order valence-electron chi connectivity index (χ0n) is 13.7. The van der Waals surface area contributed by atoms with Gasteiger partial charge in [-0.2, -0.15) is 0 Å². The van der Waals surface area contributed by atoms with E-state index >= 15 is 0 Å². The largest absolute Gasteiger partial charge is 0.496 e. The molecule has 7 heteroatoms. The van der Waals surface area contributed by atoms with Crippen LogP contribution >= 0.6 is 0 Å². The highest BCUT2D eigenvalue weighted by Crippen LogP contribution is 2.16. The Kier molecular flexibility index (Phi) is 4.90. The summed E-state index contributed by atoms with van der Waals surface area (Å²) in [5.74, 6) is 2.36. The van der Waals surface area contributed by atoms with E-state index in [0.29, 0.717) is 19.0 Å². The molecule has 7 nitrogen and oxygen atoms in total. The lowest BCUT2D eigenvalue weighted by Crippen LogP contribution is -2.36. The molecular formula is C17H20N6O. The van der Waals surface area contributed by atoms with Gasteiger partial charge >= 0.3 is 0 Å². The molecule has 0 saturated carbocycles. The van der Waals surface area contributed by atoms with Gasteiger partial charge in [-0.15, -0.1) is 10.2 Å². The fourth-order valence-corrected chi connectivity index (χ4v) is 2.42. The lowest BCUT2D eigenvalue weighted by molar-refractivity contribution is 0.409. The summed E-state index contributed by atoms with van der Waals surface area (Å²) in [4.78, 5) is 4.23. The first-order chi connectivity index (χ1) is 11.8. The van der Waals surface area contributed by atoms with Crippen LogP contribution in [0.15, 0.2) is 53.7 Å². The molecule has 0 aliphatic carbocycles. The Hall–Kier alpha value is -3.09. The van der Waals surface area contributed by atoms with Gasteiger partial charge in [0.05, 0.1) is 13.7 Å². The Morgan fingerprint density at radius 3 is 2.71 bits per heavy atom. The number of guanidine groups is 1. The fraction of sp³-hybridized carbons (Fsp3) is 0.235. The number of methoxy groups -OCH3 is 1. The van der Waals surface area contributed by atoms with Gasteiger partial charge in [0.2, 0.25) is 0 Å².